The van der Waals surface area contributed by atoms with E-state index >= 15 is 0 Å². The summed E-state index contributed by atoms with van der Waals surface area (Å²) in [7, 11) is -3.78. The van der Waals surface area contributed by atoms with Gasteiger partial charge in [-0.05, 0) is 41.1 Å². The Morgan fingerprint density at radius 3 is 2.85 bits per heavy atom. The quantitative estimate of drug-likeness (QED) is 0.767. The molecule has 0 aliphatic heterocycles. The van der Waals surface area contributed by atoms with Gasteiger partial charge in [0.25, 0.3) is 10.0 Å². The number of aromatic amines is 1. The summed E-state index contributed by atoms with van der Waals surface area (Å²) < 4.78 is 32.9. The zero-order valence-corrected chi connectivity index (χ0v) is 14.2. The summed E-state index contributed by atoms with van der Waals surface area (Å²) in [4.78, 5) is 3.94. The highest BCUT2D eigenvalue weighted by molar-refractivity contribution is 9.11. The van der Waals surface area contributed by atoms with Crippen LogP contribution in [0.2, 0.25) is 0 Å². The first-order chi connectivity index (χ1) is 9.42. The summed E-state index contributed by atoms with van der Waals surface area (Å²) in [5.41, 5.74) is 0. The van der Waals surface area contributed by atoms with Crippen LogP contribution < -0.4 is 9.46 Å². The maximum absolute atomic E-state index is 12.3. The second-order valence-corrected chi connectivity index (χ2v) is 7.00. The smallest absolute Gasteiger partial charge is 0.337 e. The third-order valence-electron chi connectivity index (χ3n) is 2.15. The minimum Gasteiger partial charge on any atom is -0.463 e. The van der Waals surface area contributed by atoms with Gasteiger partial charge in [-0.2, -0.15) is 4.98 Å². The number of hydrogen-bond acceptors (Lipinski definition) is 5. The van der Waals surface area contributed by atoms with Crippen molar-refractivity contribution in [1.82, 2.24) is 15.2 Å². The molecule has 0 aliphatic rings. The Morgan fingerprint density at radius 1 is 1.40 bits per heavy atom. The van der Waals surface area contributed by atoms with Gasteiger partial charge in [0.2, 0.25) is 5.95 Å². The van der Waals surface area contributed by atoms with E-state index in [0.29, 0.717) is 15.6 Å². The number of aromatic nitrogens is 3. The standard InChI is InChI=1S/C10H10Br2N4O3S/c1-2-19-10-13-9(14-15-10)16-20(17,18)8-5-6(11)3-4-7(8)12/h3-5H,2H2,1H3,(H2,13,14,15,16). The van der Waals surface area contributed by atoms with E-state index in [0.717, 1.165) is 0 Å². The fourth-order valence-electron chi connectivity index (χ4n) is 1.35. The van der Waals surface area contributed by atoms with Crippen molar-refractivity contribution in [2.75, 3.05) is 11.3 Å². The number of sulfonamides is 1. The fraction of sp³-hybridized carbons (Fsp3) is 0.200. The molecule has 20 heavy (non-hydrogen) atoms. The topological polar surface area (TPSA) is 97.0 Å². The Morgan fingerprint density at radius 2 is 2.15 bits per heavy atom. The molecule has 0 saturated carbocycles. The van der Waals surface area contributed by atoms with Gasteiger partial charge in [-0.15, -0.1) is 5.10 Å². The minimum absolute atomic E-state index is 0.0136. The zero-order valence-electron chi connectivity index (χ0n) is 10.2. The van der Waals surface area contributed by atoms with Crippen molar-refractivity contribution < 1.29 is 13.2 Å². The molecule has 0 atom stereocenters. The van der Waals surface area contributed by atoms with Crippen LogP contribution in [0.15, 0.2) is 32.0 Å². The average Bonchev–Trinajstić information content (AvgIpc) is 2.79. The molecule has 1 aromatic heterocycles. The lowest BCUT2D eigenvalue weighted by Gasteiger charge is -2.07. The van der Waals surface area contributed by atoms with Crippen LogP contribution in [-0.4, -0.2) is 30.2 Å². The van der Waals surface area contributed by atoms with Crippen molar-refractivity contribution in [3.8, 4) is 6.01 Å². The summed E-state index contributed by atoms with van der Waals surface area (Å²) in [5, 5.41) is 6.16. The van der Waals surface area contributed by atoms with Crippen LogP contribution in [0.5, 0.6) is 6.01 Å². The lowest BCUT2D eigenvalue weighted by atomic mass is 10.4. The number of nitrogens with zero attached hydrogens (tertiary/aromatic N) is 2. The van der Waals surface area contributed by atoms with Crippen LogP contribution in [0.1, 0.15) is 6.92 Å². The van der Waals surface area contributed by atoms with Gasteiger partial charge in [-0.1, -0.05) is 15.9 Å². The largest absolute Gasteiger partial charge is 0.463 e. The van der Waals surface area contributed by atoms with Crippen LogP contribution >= 0.6 is 31.9 Å². The Balaban J connectivity index is 2.28. The van der Waals surface area contributed by atoms with E-state index < -0.39 is 10.0 Å². The summed E-state index contributed by atoms with van der Waals surface area (Å²) in [5.74, 6) is -0.0136. The number of benzene rings is 1. The lowest BCUT2D eigenvalue weighted by Crippen LogP contribution is -2.14. The lowest BCUT2D eigenvalue weighted by molar-refractivity contribution is 0.314. The number of nitrogens with one attached hydrogen (secondary N) is 2. The third kappa shape index (κ3) is 3.49. The fourth-order valence-corrected chi connectivity index (χ4v) is 3.81. The van der Waals surface area contributed by atoms with E-state index in [4.69, 9.17) is 4.74 Å². The zero-order chi connectivity index (χ0) is 14.8. The van der Waals surface area contributed by atoms with Gasteiger partial charge >= 0.3 is 6.01 Å². The molecule has 2 N–H and O–H groups in total. The SMILES string of the molecule is CCOc1n[nH]c(NS(=O)(=O)c2cc(Br)ccc2Br)n1. The maximum atomic E-state index is 12.3. The van der Waals surface area contributed by atoms with Gasteiger partial charge in [-0.25, -0.2) is 18.2 Å². The van der Waals surface area contributed by atoms with E-state index in [-0.39, 0.29) is 16.9 Å². The van der Waals surface area contributed by atoms with Crippen molar-refractivity contribution >= 4 is 47.8 Å². The first-order valence-corrected chi connectivity index (χ1v) is 8.52. The van der Waals surface area contributed by atoms with Gasteiger partial charge in [0, 0.05) is 8.95 Å². The number of anilines is 1. The normalized spacial score (nSPS) is 11.3. The third-order valence-corrected chi connectivity index (χ3v) is 4.98. The molecule has 7 nitrogen and oxygen atoms in total. The molecule has 1 aromatic carbocycles. The van der Waals surface area contributed by atoms with Crippen LogP contribution in [0.4, 0.5) is 5.95 Å². The summed E-state index contributed by atoms with van der Waals surface area (Å²) in [6, 6.07) is 4.92. The predicted octanol–water partition coefficient (Wildman–Crippen LogP) is 2.53. The molecule has 2 rings (SSSR count). The second kappa shape index (κ2) is 6.10. The number of rotatable bonds is 5. The highest BCUT2D eigenvalue weighted by atomic mass is 79.9. The van der Waals surface area contributed by atoms with E-state index in [9.17, 15) is 8.42 Å². The molecule has 0 amide bonds. The van der Waals surface area contributed by atoms with Gasteiger partial charge in [0.15, 0.2) is 0 Å². The second-order valence-electron chi connectivity index (χ2n) is 3.58. The molecule has 108 valence electrons. The van der Waals surface area contributed by atoms with Crippen LogP contribution in [0.3, 0.4) is 0 Å². The summed E-state index contributed by atoms with van der Waals surface area (Å²) >= 11 is 6.43. The van der Waals surface area contributed by atoms with Crippen LogP contribution in [-0.2, 0) is 10.0 Å². The van der Waals surface area contributed by atoms with Gasteiger partial charge in [0.05, 0.1) is 6.61 Å². The molecular formula is C10H10Br2N4O3S. The number of H-pyrrole nitrogens is 1. The Hall–Kier alpha value is -1.13. The van der Waals surface area contributed by atoms with E-state index in [2.05, 4.69) is 51.8 Å². The monoisotopic (exact) mass is 424 g/mol. The number of halogens is 2. The van der Waals surface area contributed by atoms with Crippen molar-refractivity contribution in [3.05, 3.63) is 27.1 Å². The summed E-state index contributed by atoms with van der Waals surface area (Å²) in [6.07, 6.45) is 0. The molecule has 0 bridgehead atoms. The molecule has 0 unspecified atom stereocenters. The van der Waals surface area contributed by atoms with Crippen molar-refractivity contribution in [1.29, 1.82) is 0 Å². The van der Waals surface area contributed by atoms with Crippen molar-refractivity contribution in [2.24, 2.45) is 0 Å². The number of ether oxygens (including phenoxy) is 1. The molecule has 0 saturated heterocycles. The van der Waals surface area contributed by atoms with E-state index in [1.165, 1.54) is 6.07 Å². The molecule has 10 heteroatoms. The molecule has 0 fully saturated rings. The first-order valence-electron chi connectivity index (χ1n) is 5.45. The minimum atomic E-state index is -3.78. The molecular weight excluding hydrogens is 416 g/mol. The first kappa shape index (κ1) is 15.3. The molecule has 0 spiro atoms. The van der Waals surface area contributed by atoms with Crippen LogP contribution in [0, 0.1) is 0 Å². The van der Waals surface area contributed by atoms with Crippen molar-refractivity contribution in [2.45, 2.75) is 11.8 Å². The predicted molar refractivity (Wildman–Crippen MR) is 80.2 cm³/mol. The van der Waals surface area contributed by atoms with Gasteiger partial charge in [-0.3, -0.25) is 0 Å². The Kier molecular flexibility index (Phi) is 4.66. The van der Waals surface area contributed by atoms with E-state index in [1.807, 2.05) is 0 Å². The van der Waals surface area contributed by atoms with E-state index in [1.54, 1.807) is 19.1 Å². The maximum Gasteiger partial charge on any atom is 0.337 e. The molecule has 1 heterocycles. The highest BCUT2D eigenvalue weighted by Gasteiger charge is 2.20. The molecule has 2 aromatic rings. The highest BCUT2D eigenvalue weighted by Crippen LogP contribution is 2.26. The summed E-state index contributed by atoms with van der Waals surface area (Å²) in [6.45, 7) is 2.17. The van der Waals surface area contributed by atoms with Gasteiger partial charge in [0.1, 0.15) is 4.90 Å². The Bertz CT molecular complexity index is 717. The van der Waals surface area contributed by atoms with Crippen LogP contribution in [0.25, 0.3) is 0 Å². The molecule has 0 aliphatic carbocycles. The Labute approximate surface area is 132 Å². The van der Waals surface area contributed by atoms with Crippen molar-refractivity contribution in [3.63, 3.8) is 0 Å². The molecule has 0 radical (unpaired) electrons. The number of hydrogen-bond donors (Lipinski definition) is 2. The van der Waals surface area contributed by atoms with Gasteiger partial charge < -0.3 is 4.74 Å². The average molecular weight is 426 g/mol.